The summed E-state index contributed by atoms with van der Waals surface area (Å²) in [5, 5.41) is 1.22. The maximum Gasteiger partial charge on any atom is 0.338 e. The van der Waals surface area contributed by atoms with E-state index in [0.29, 0.717) is 5.56 Å². The minimum Gasteiger partial charge on any atom is -0.461 e. The molecule has 0 bridgehead atoms. The molecule has 5 rings (SSSR count). The first kappa shape index (κ1) is 43.4. The van der Waals surface area contributed by atoms with Gasteiger partial charge in [0.15, 0.2) is 0 Å². The molecule has 0 radical (unpaired) electrons. The van der Waals surface area contributed by atoms with Crippen LogP contribution in [0.2, 0.25) is 5.04 Å². The van der Waals surface area contributed by atoms with E-state index in [4.69, 9.17) is 17.5 Å². The van der Waals surface area contributed by atoms with Crippen LogP contribution < -0.4 is 10.4 Å². The summed E-state index contributed by atoms with van der Waals surface area (Å²) in [6, 6.07) is 40.3. The number of carbonyl (C=O) groups excluding carboxylic acids is 1. The molecule has 0 amide bonds. The molecule has 12 heteroatoms. The number of aryl methyl sites for hydroxylation is 2. The maximum atomic E-state index is 14.2. The first-order chi connectivity index (χ1) is 27.1. The Kier molecular flexibility index (Phi) is 14.3. The van der Waals surface area contributed by atoms with Gasteiger partial charge in [0.25, 0.3) is 28.6 Å². The average molecular weight is 827 g/mol. The highest BCUT2D eigenvalue weighted by Gasteiger charge is 2.53. The summed E-state index contributed by atoms with van der Waals surface area (Å²) in [5.41, 5.74) is 2.05. The highest BCUT2D eigenvalue weighted by Crippen LogP contribution is 2.39. The van der Waals surface area contributed by atoms with Crippen LogP contribution in [-0.4, -0.2) is 56.5 Å². The largest absolute Gasteiger partial charge is 0.461 e. The standard InChI is InChI=1S/C45H50O9S2Si/c1-7-36(32-51-44(46)37-17-11-8-12-18-37)31-42(54-57(45(4,5)6,40-19-13-9-14-20-40)41-21-15-10-16-22-41)43(53-56(49,50)39-29-25-35(3)26-30-39)33-52-55(47,48)38-27-23-34(2)24-28-38/h7-30,36,42-43H,1,31-33H2,2-6H3/t36?,42-,43+/m0/s1. The molecule has 0 aliphatic carbocycles. The normalized spacial score (nSPS) is 14.0. The Morgan fingerprint density at radius 1 is 0.649 bits per heavy atom. The van der Waals surface area contributed by atoms with Gasteiger partial charge in [-0.05, 0) is 72.1 Å². The molecule has 0 aliphatic heterocycles. The molecule has 0 fully saturated rings. The van der Waals surface area contributed by atoms with Crippen molar-refractivity contribution < 1.29 is 39.2 Å². The molecule has 57 heavy (non-hydrogen) atoms. The van der Waals surface area contributed by atoms with E-state index < -0.39 is 64.3 Å². The van der Waals surface area contributed by atoms with E-state index in [1.54, 1.807) is 60.7 Å². The molecule has 9 nitrogen and oxygen atoms in total. The van der Waals surface area contributed by atoms with Crippen molar-refractivity contribution >= 4 is 44.9 Å². The number of benzene rings is 5. The zero-order valence-electron chi connectivity index (χ0n) is 32.9. The molecule has 5 aromatic carbocycles. The summed E-state index contributed by atoms with van der Waals surface area (Å²) in [4.78, 5) is 12.9. The van der Waals surface area contributed by atoms with Crippen LogP contribution in [0.4, 0.5) is 0 Å². The van der Waals surface area contributed by atoms with Crippen LogP contribution in [0, 0.1) is 19.8 Å². The van der Waals surface area contributed by atoms with Gasteiger partial charge in [-0.3, -0.25) is 8.37 Å². The number of carbonyl (C=O) groups is 1. The van der Waals surface area contributed by atoms with Crippen LogP contribution in [-0.2, 0) is 37.8 Å². The van der Waals surface area contributed by atoms with Crippen LogP contribution in [0.25, 0.3) is 0 Å². The van der Waals surface area contributed by atoms with Crippen LogP contribution in [0.15, 0.2) is 162 Å². The van der Waals surface area contributed by atoms with E-state index in [1.165, 1.54) is 24.3 Å². The summed E-state index contributed by atoms with van der Waals surface area (Å²) >= 11 is 0. The molecule has 0 aromatic heterocycles. The number of esters is 1. The summed E-state index contributed by atoms with van der Waals surface area (Å²) in [5.74, 6) is -1.14. The van der Waals surface area contributed by atoms with Gasteiger partial charge in [0.05, 0.1) is 34.7 Å². The Labute approximate surface area is 338 Å². The lowest BCUT2D eigenvalue weighted by Crippen LogP contribution is -2.68. The van der Waals surface area contributed by atoms with Gasteiger partial charge in [-0.2, -0.15) is 16.8 Å². The number of rotatable bonds is 18. The Morgan fingerprint density at radius 2 is 1.11 bits per heavy atom. The van der Waals surface area contributed by atoms with E-state index in [9.17, 15) is 21.6 Å². The smallest absolute Gasteiger partial charge is 0.338 e. The van der Waals surface area contributed by atoms with Crippen LogP contribution in [0.5, 0.6) is 0 Å². The SMILES string of the molecule is C=CC(COC(=O)c1ccccc1)C[C@H](O[Si](c1ccccc1)(c1ccccc1)C(C)(C)C)[C@@H](COS(=O)(=O)c1ccc(C)cc1)OS(=O)(=O)c1ccc(C)cc1. The molecular formula is C45H50O9S2Si. The fourth-order valence-corrected chi connectivity index (χ4v) is 13.3. The van der Waals surface area contributed by atoms with Crippen LogP contribution in [0.1, 0.15) is 48.7 Å². The maximum absolute atomic E-state index is 14.2. The van der Waals surface area contributed by atoms with Gasteiger partial charge in [-0.25, -0.2) is 4.79 Å². The third-order valence-electron chi connectivity index (χ3n) is 9.72. The van der Waals surface area contributed by atoms with Crippen molar-refractivity contribution in [2.45, 2.75) is 68.1 Å². The second kappa shape index (κ2) is 18.7. The zero-order chi connectivity index (χ0) is 41.3. The van der Waals surface area contributed by atoms with Crippen LogP contribution in [0.3, 0.4) is 0 Å². The third kappa shape index (κ3) is 10.8. The van der Waals surface area contributed by atoms with E-state index in [1.807, 2.05) is 74.5 Å². The van der Waals surface area contributed by atoms with E-state index in [0.717, 1.165) is 21.5 Å². The first-order valence-electron chi connectivity index (χ1n) is 18.7. The van der Waals surface area contributed by atoms with Crippen molar-refractivity contribution in [2.24, 2.45) is 5.92 Å². The van der Waals surface area contributed by atoms with Crippen molar-refractivity contribution in [1.82, 2.24) is 0 Å². The summed E-state index contributed by atoms with van der Waals surface area (Å²) < 4.78 is 80.8. The molecule has 0 heterocycles. The molecule has 5 aromatic rings. The first-order valence-corrected chi connectivity index (χ1v) is 23.4. The zero-order valence-corrected chi connectivity index (χ0v) is 35.5. The predicted molar refractivity (Wildman–Crippen MR) is 225 cm³/mol. The number of hydrogen-bond donors (Lipinski definition) is 0. The summed E-state index contributed by atoms with van der Waals surface area (Å²) in [6.45, 7) is 13.0. The molecule has 0 aliphatic rings. The third-order valence-corrected chi connectivity index (χ3v) is 17.4. The molecule has 300 valence electrons. The lowest BCUT2D eigenvalue weighted by atomic mass is 9.99. The number of ether oxygens (including phenoxy) is 1. The monoisotopic (exact) mass is 826 g/mol. The molecule has 0 N–H and O–H groups in total. The Balaban J connectivity index is 1.66. The molecule has 3 atom stereocenters. The lowest BCUT2D eigenvalue weighted by molar-refractivity contribution is 0.00503. The Bertz CT molecular complexity index is 2250. The van der Waals surface area contributed by atoms with E-state index >= 15 is 0 Å². The molecule has 0 saturated heterocycles. The van der Waals surface area contributed by atoms with Crippen molar-refractivity contribution in [3.05, 3.63) is 169 Å². The van der Waals surface area contributed by atoms with Crippen molar-refractivity contribution in [3.8, 4) is 0 Å². The molecule has 1 unspecified atom stereocenters. The van der Waals surface area contributed by atoms with Crippen molar-refractivity contribution in [2.75, 3.05) is 13.2 Å². The second-order valence-electron chi connectivity index (χ2n) is 15.0. The Morgan fingerprint density at radius 3 is 1.56 bits per heavy atom. The van der Waals surface area contributed by atoms with Gasteiger partial charge in [0.2, 0.25) is 0 Å². The van der Waals surface area contributed by atoms with Gasteiger partial charge in [0, 0.05) is 5.92 Å². The van der Waals surface area contributed by atoms with Crippen molar-refractivity contribution in [1.29, 1.82) is 0 Å². The van der Waals surface area contributed by atoms with Gasteiger partial charge in [0.1, 0.15) is 6.10 Å². The van der Waals surface area contributed by atoms with E-state index in [2.05, 4.69) is 27.4 Å². The lowest BCUT2D eigenvalue weighted by Gasteiger charge is -2.46. The van der Waals surface area contributed by atoms with Gasteiger partial charge in [-0.15, -0.1) is 6.58 Å². The quantitative estimate of drug-likeness (QED) is 0.0378. The second-order valence-corrected chi connectivity index (χ2v) is 22.4. The summed E-state index contributed by atoms with van der Waals surface area (Å²) in [7, 11) is -12.4. The highest BCUT2D eigenvalue weighted by molar-refractivity contribution is 7.87. The number of hydrogen-bond acceptors (Lipinski definition) is 9. The van der Waals surface area contributed by atoms with Gasteiger partial charge >= 0.3 is 5.97 Å². The fraction of sp³-hybridized carbons (Fsp3) is 0.267. The minimum absolute atomic E-state index is 0.0120. The fourth-order valence-electron chi connectivity index (χ4n) is 6.61. The van der Waals surface area contributed by atoms with Gasteiger partial charge in [-0.1, -0.05) is 141 Å². The van der Waals surface area contributed by atoms with Crippen LogP contribution >= 0.6 is 0 Å². The molecular weight excluding hydrogens is 777 g/mol. The van der Waals surface area contributed by atoms with Crippen molar-refractivity contribution in [3.63, 3.8) is 0 Å². The topological polar surface area (TPSA) is 122 Å². The van der Waals surface area contributed by atoms with Gasteiger partial charge < -0.3 is 9.16 Å². The predicted octanol–water partition coefficient (Wildman–Crippen LogP) is 7.78. The van der Waals surface area contributed by atoms with E-state index in [-0.39, 0.29) is 22.8 Å². The average Bonchev–Trinajstić information content (AvgIpc) is 3.20. The Hall–Kier alpha value is -4.69. The molecule has 0 saturated carbocycles. The molecule has 0 spiro atoms. The minimum atomic E-state index is -4.53. The summed E-state index contributed by atoms with van der Waals surface area (Å²) in [6.07, 6.45) is -1.07. The highest BCUT2D eigenvalue weighted by atomic mass is 32.2.